The van der Waals surface area contributed by atoms with Crippen LogP contribution in [0.5, 0.6) is 0 Å². The van der Waals surface area contributed by atoms with E-state index in [1.165, 1.54) is 25.9 Å². The number of nitrogens with one attached hydrogen (secondary N) is 1. The maximum Gasteiger partial charge on any atom is 0.336 e. The number of hydrogen-bond donors (Lipinski definition) is 1. The monoisotopic (exact) mass is 320 g/mol. The smallest absolute Gasteiger partial charge is 0.336 e. The number of aryl methyl sites for hydroxylation is 2. The summed E-state index contributed by atoms with van der Waals surface area (Å²) in [5.41, 5.74) is 3.42. The summed E-state index contributed by atoms with van der Waals surface area (Å²) in [5, 5.41) is 1.78. The molecule has 0 amide bonds. The minimum Gasteiger partial charge on any atom is -0.423 e. The molecule has 3 rings (SSSR count). The van der Waals surface area contributed by atoms with Crippen LogP contribution in [0.4, 0.5) is 0 Å². The van der Waals surface area contributed by atoms with Crippen LogP contribution in [0.15, 0.2) is 21.3 Å². The zero-order valence-corrected chi connectivity index (χ0v) is 14.2. The van der Waals surface area contributed by atoms with Gasteiger partial charge < -0.3 is 9.32 Å². The van der Waals surface area contributed by atoms with Crippen molar-refractivity contribution in [3.05, 3.63) is 44.3 Å². The van der Waals surface area contributed by atoms with E-state index in [9.17, 15) is 4.79 Å². The van der Waals surface area contributed by atoms with Crippen LogP contribution >= 0.6 is 11.6 Å². The van der Waals surface area contributed by atoms with E-state index in [-0.39, 0.29) is 5.63 Å². The lowest BCUT2D eigenvalue weighted by atomic mass is 9.97. The molecule has 1 N–H and O–H groups in total. The highest BCUT2D eigenvalue weighted by Gasteiger charge is 2.21. The first kappa shape index (κ1) is 15.6. The fourth-order valence-corrected chi connectivity index (χ4v) is 3.66. The Balaban J connectivity index is 2.05. The molecule has 0 spiro atoms. The first-order valence-electron chi connectivity index (χ1n) is 8.01. The lowest BCUT2D eigenvalue weighted by Gasteiger charge is -2.27. The van der Waals surface area contributed by atoms with Gasteiger partial charge in [0.2, 0.25) is 0 Å². The quantitative estimate of drug-likeness (QED) is 0.863. The predicted octanol–water partition coefficient (Wildman–Crippen LogP) is 2.88. The summed E-state index contributed by atoms with van der Waals surface area (Å²) in [6.45, 7) is 9.47. The van der Waals surface area contributed by atoms with E-state index < -0.39 is 0 Å². The Hall–Kier alpha value is -1.32. The van der Waals surface area contributed by atoms with E-state index in [0.717, 1.165) is 39.6 Å². The number of fused-ring (bicyclic) bond motifs is 1. The van der Waals surface area contributed by atoms with Gasteiger partial charge in [-0.05, 0) is 49.8 Å². The lowest BCUT2D eigenvalue weighted by Crippen LogP contribution is -3.11. The average Bonchev–Trinajstić information content (AvgIpc) is 2.46. The predicted molar refractivity (Wildman–Crippen MR) is 89.8 cm³/mol. The molecule has 3 nitrogen and oxygen atoms in total. The number of piperidine rings is 1. The largest absolute Gasteiger partial charge is 0.423 e. The molecule has 1 saturated heterocycles. The summed E-state index contributed by atoms with van der Waals surface area (Å²) < 4.78 is 5.40. The van der Waals surface area contributed by atoms with Crippen molar-refractivity contribution < 1.29 is 9.32 Å². The van der Waals surface area contributed by atoms with Gasteiger partial charge in [-0.3, -0.25) is 0 Å². The Kier molecular flexibility index (Phi) is 4.28. The van der Waals surface area contributed by atoms with Gasteiger partial charge in [-0.15, -0.1) is 0 Å². The van der Waals surface area contributed by atoms with Crippen LogP contribution in [0, 0.1) is 19.8 Å². The van der Waals surface area contributed by atoms with Crippen LogP contribution in [0.1, 0.15) is 36.5 Å². The van der Waals surface area contributed by atoms with Crippen molar-refractivity contribution in [1.82, 2.24) is 0 Å². The molecule has 0 atom stereocenters. The average molecular weight is 321 g/mol. The lowest BCUT2D eigenvalue weighted by molar-refractivity contribution is -0.919. The fraction of sp³-hybridized carbons (Fsp3) is 0.500. The Morgan fingerprint density at radius 2 is 1.95 bits per heavy atom. The summed E-state index contributed by atoms with van der Waals surface area (Å²) in [7, 11) is 0. The SMILES string of the molecule is Cc1cc2oc(=O)cc(C[NH+]3CCC(C)CC3)c2c(C)c1Cl. The second-order valence-corrected chi connectivity index (χ2v) is 7.08. The first-order valence-corrected chi connectivity index (χ1v) is 8.39. The van der Waals surface area contributed by atoms with Crippen molar-refractivity contribution in [2.24, 2.45) is 5.92 Å². The van der Waals surface area contributed by atoms with Crippen molar-refractivity contribution in [2.75, 3.05) is 13.1 Å². The van der Waals surface area contributed by atoms with Crippen LogP contribution in [0.25, 0.3) is 11.0 Å². The zero-order valence-electron chi connectivity index (χ0n) is 13.5. The van der Waals surface area contributed by atoms with Gasteiger partial charge in [0.1, 0.15) is 12.1 Å². The third-order valence-corrected chi connectivity index (χ3v) is 5.47. The Morgan fingerprint density at radius 1 is 1.27 bits per heavy atom. The highest BCUT2D eigenvalue weighted by molar-refractivity contribution is 6.33. The van der Waals surface area contributed by atoms with E-state index in [1.807, 2.05) is 19.9 Å². The molecule has 0 aliphatic carbocycles. The topological polar surface area (TPSA) is 34.6 Å². The Labute approximate surface area is 135 Å². The normalized spacial score (nSPS) is 22.2. The molecule has 1 aromatic carbocycles. The second-order valence-electron chi connectivity index (χ2n) is 6.71. The number of hydrogen-bond acceptors (Lipinski definition) is 2. The molecule has 2 aromatic rings. The molecule has 1 aliphatic rings. The summed E-state index contributed by atoms with van der Waals surface area (Å²) in [5.74, 6) is 0.820. The number of benzene rings is 1. The third kappa shape index (κ3) is 2.92. The highest BCUT2D eigenvalue weighted by atomic mass is 35.5. The summed E-state index contributed by atoms with van der Waals surface area (Å²) in [6, 6.07) is 3.52. The van der Waals surface area contributed by atoms with Gasteiger partial charge in [0.25, 0.3) is 0 Å². The molecular formula is C18H23ClNO2+. The van der Waals surface area contributed by atoms with Gasteiger partial charge in [0.15, 0.2) is 0 Å². The van der Waals surface area contributed by atoms with E-state index >= 15 is 0 Å². The molecule has 2 heterocycles. The van der Waals surface area contributed by atoms with Crippen LogP contribution in [-0.2, 0) is 6.54 Å². The van der Waals surface area contributed by atoms with Crippen molar-refractivity contribution in [3.63, 3.8) is 0 Å². The van der Waals surface area contributed by atoms with Crippen molar-refractivity contribution in [1.29, 1.82) is 0 Å². The molecule has 1 aliphatic heterocycles. The molecule has 22 heavy (non-hydrogen) atoms. The molecule has 118 valence electrons. The molecule has 1 aromatic heterocycles. The first-order chi connectivity index (χ1) is 10.5. The summed E-state index contributed by atoms with van der Waals surface area (Å²) >= 11 is 6.40. The third-order valence-electron chi connectivity index (χ3n) is 4.89. The maximum absolute atomic E-state index is 11.9. The molecule has 4 heteroatoms. The van der Waals surface area contributed by atoms with Crippen LogP contribution in [0.2, 0.25) is 5.02 Å². The van der Waals surface area contributed by atoms with Gasteiger partial charge in [0, 0.05) is 22.0 Å². The van der Waals surface area contributed by atoms with Gasteiger partial charge in [-0.1, -0.05) is 18.5 Å². The number of halogens is 1. The van der Waals surface area contributed by atoms with E-state index in [1.54, 1.807) is 11.0 Å². The molecule has 0 saturated carbocycles. The fourth-order valence-electron chi connectivity index (χ4n) is 3.51. The molecule has 0 bridgehead atoms. The minimum atomic E-state index is -0.270. The molecular weight excluding hydrogens is 298 g/mol. The highest BCUT2D eigenvalue weighted by Crippen LogP contribution is 2.30. The van der Waals surface area contributed by atoms with E-state index in [0.29, 0.717) is 5.58 Å². The number of quaternary nitrogens is 1. The van der Waals surface area contributed by atoms with Crippen molar-refractivity contribution >= 4 is 22.6 Å². The van der Waals surface area contributed by atoms with Crippen LogP contribution in [-0.4, -0.2) is 13.1 Å². The molecule has 1 fully saturated rings. The van der Waals surface area contributed by atoms with Gasteiger partial charge in [-0.2, -0.15) is 0 Å². The van der Waals surface area contributed by atoms with Gasteiger partial charge >= 0.3 is 5.63 Å². The van der Waals surface area contributed by atoms with Crippen LogP contribution in [0.3, 0.4) is 0 Å². The summed E-state index contributed by atoms with van der Waals surface area (Å²) in [4.78, 5) is 13.4. The Bertz CT molecular complexity index is 758. The standard InChI is InChI=1S/C18H22ClNO2/c1-11-4-6-20(7-5-11)10-14-9-16(21)22-15-8-12(2)18(19)13(3)17(14)15/h8-9,11H,4-7,10H2,1-3H3/p+1. The van der Waals surface area contributed by atoms with Crippen LogP contribution < -0.4 is 10.5 Å². The van der Waals surface area contributed by atoms with E-state index in [4.69, 9.17) is 16.0 Å². The second kappa shape index (κ2) is 6.05. The number of rotatable bonds is 2. The van der Waals surface area contributed by atoms with Gasteiger partial charge in [-0.25, -0.2) is 4.79 Å². The molecule has 0 radical (unpaired) electrons. The molecule has 0 unspecified atom stereocenters. The van der Waals surface area contributed by atoms with Gasteiger partial charge in [0.05, 0.1) is 13.1 Å². The maximum atomic E-state index is 11.9. The number of likely N-dealkylation sites (tertiary alicyclic amines) is 1. The summed E-state index contributed by atoms with van der Waals surface area (Å²) in [6.07, 6.45) is 2.51. The van der Waals surface area contributed by atoms with Crippen molar-refractivity contribution in [3.8, 4) is 0 Å². The Morgan fingerprint density at radius 3 is 2.64 bits per heavy atom. The van der Waals surface area contributed by atoms with Crippen molar-refractivity contribution in [2.45, 2.75) is 40.2 Å². The zero-order chi connectivity index (χ0) is 15.9. The van der Waals surface area contributed by atoms with E-state index in [2.05, 4.69) is 6.92 Å². The minimum absolute atomic E-state index is 0.270.